The minimum absolute atomic E-state index is 0.273. The van der Waals surface area contributed by atoms with Crippen LogP contribution < -0.4 is 5.32 Å². The Labute approximate surface area is 96.7 Å². The Morgan fingerprint density at radius 3 is 3.00 bits per heavy atom. The Balaban J connectivity index is 2.18. The van der Waals surface area contributed by atoms with Crippen molar-refractivity contribution in [3.63, 3.8) is 0 Å². The van der Waals surface area contributed by atoms with E-state index in [2.05, 4.69) is 27.3 Å². The molecule has 1 N–H and O–H groups in total. The molecule has 1 aliphatic rings. The second kappa shape index (κ2) is 4.62. The van der Waals surface area contributed by atoms with Gasteiger partial charge in [-0.3, -0.25) is 0 Å². The molecule has 0 bridgehead atoms. The van der Waals surface area contributed by atoms with E-state index in [1.807, 2.05) is 12.1 Å². The molecule has 1 aromatic rings. The molecule has 1 aromatic carbocycles. The summed E-state index contributed by atoms with van der Waals surface area (Å²) in [6, 6.07) is 6.27. The lowest BCUT2D eigenvalue weighted by molar-refractivity contribution is 0.0769. The highest BCUT2D eigenvalue weighted by Gasteiger charge is 2.15. The zero-order chi connectivity index (χ0) is 9.97. The number of hydrogen-bond donors (Lipinski definition) is 1. The van der Waals surface area contributed by atoms with Gasteiger partial charge in [0.1, 0.15) is 0 Å². The van der Waals surface area contributed by atoms with Crippen LogP contribution in [0, 0.1) is 0 Å². The van der Waals surface area contributed by atoms with Gasteiger partial charge in [0.25, 0.3) is 0 Å². The monoisotopic (exact) mass is 275 g/mol. The van der Waals surface area contributed by atoms with Crippen molar-refractivity contribution in [1.29, 1.82) is 0 Å². The minimum Gasteiger partial charge on any atom is -0.378 e. The fraction of sp³-hybridized carbons (Fsp3) is 0.400. The van der Waals surface area contributed by atoms with Crippen LogP contribution >= 0.6 is 27.5 Å². The molecule has 1 heterocycles. The first-order chi connectivity index (χ1) is 6.77. The van der Waals surface area contributed by atoms with Crippen molar-refractivity contribution in [2.45, 2.75) is 6.04 Å². The van der Waals surface area contributed by atoms with Crippen LogP contribution in [0.15, 0.2) is 22.7 Å². The van der Waals surface area contributed by atoms with Gasteiger partial charge in [0.05, 0.1) is 24.3 Å². The Hall–Kier alpha value is -0.0900. The lowest BCUT2D eigenvalue weighted by Gasteiger charge is -2.24. The van der Waals surface area contributed by atoms with E-state index in [0.717, 1.165) is 29.3 Å². The summed E-state index contributed by atoms with van der Waals surface area (Å²) in [5.74, 6) is 0. The third kappa shape index (κ3) is 2.28. The molecule has 1 atom stereocenters. The van der Waals surface area contributed by atoms with E-state index in [4.69, 9.17) is 16.3 Å². The first kappa shape index (κ1) is 10.4. The van der Waals surface area contributed by atoms with Gasteiger partial charge in [0, 0.05) is 11.0 Å². The number of nitrogens with one attached hydrogen (secondary N) is 1. The Kier molecular flexibility index (Phi) is 3.44. The summed E-state index contributed by atoms with van der Waals surface area (Å²) in [6.07, 6.45) is 0. The van der Waals surface area contributed by atoms with E-state index in [-0.39, 0.29) is 6.04 Å². The predicted octanol–water partition coefficient (Wildman–Crippen LogP) is 2.76. The normalized spacial score (nSPS) is 22.3. The van der Waals surface area contributed by atoms with Gasteiger partial charge in [-0.25, -0.2) is 0 Å². The SMILES string of the molecule is Clc1cc(C2COCCN2)ccc1Br. The van der Waals surface area contributed by atoms with Crippen molar-refractivity contribution >= 4 is 27.5 Å². The van der Waals surface area contributed by atoms with Crippen molar-refractivity contribution in [3.05, 3.63) is 33.3 Å². The summed E-state index contributed by atoms with van der Waals surface area (Å²) in [6.45, 7) is 2.41. The van der Waals surface area contributed by atoms with Gasteiger partial charge < -0.3 is 10.1 Å². The third-order valence-corrected chi connectivity index (χ3v) is 3.50. The average Bonchev–Trinajstić information content (AvgIpc) is 2.23. The maximum atomic E-state index is 6.02. The number of benzene rings is 1. The van der Waals surface area contributed by atoms with Gasteiger partial charge in [-0.15, -0.1) is 0 Å². The predicted molar refractivity (Wildman–Crippen MR) is 60.7 cm³/mol. The number of halogens is 2. The Bertz CT molecular complexity index is 326. The average molecular weight is 277 g/mol. The summed E-state index contributed by atoms with van der Waals surface area (Å²) in [5.41, 5.74) is 1.18. The molecule has 0 aliphatic carbocycles. The van der Waals surface area contributed by atoms with Crippen molar-refractivity contribution in [2.75, 3.05) is 19.8 Å². The van der Waals surface area contributed by atoms with Gasteiger partial charge in [0.15, 0.2) is 0 Å². The summed E-state index contributed by atoms with van der Waals surface area (Å²) in [4.78, 5) is 0. The molecule has 2 rings (SSSR count). The Morgan fingerprint density at radius 2 is 2.36 bits per heavy atom. The highest BCUT2D eigenvalue weighted by Crippen LogP contribution is 2.26. The van der Waals surface area contributed by atoms with Crippen LogP contribution in [-0.2, 0) is 4.74 Å². The molecular formula is C10H11BrClNO. The van der Waals surface area contributed by atoms with Crippen LogP contribution in [-0.4, -0.2) is 19.8 Å². The van der Waals surface area contributed by atoms with Gasteiger partial charge in [-0.2, -0.15) is 0 Å². The quantitative estimate of drug-likeness (QED) is 0.852. The van der Waals surface area contributed by atoms with Crippen molar-refractivity contribution in [1.82, 2.24) is 5.32 Å². The molecule has 4 heteroatoms. The molecule has 1 unspecified atom stereocenters. The number of rotatable bonds is 1. The molecule has 0 amide bonds. The van der Waals surface area contributed by atoms with Crippen molar-refractivity contribution in [3.8, 4) is 0 Å². The first-order valence-corrected chi connectivity index (χ1v) is 5.70. The Morgan fingerprint density at radius 1 is 1.50 bits per heavy atom. The van der Waals surface area contributed by atoms with Gasteiger partial charge in [0.2, 0.25) is 0 Å². The fourth-order valence-electron chi connectivity index (χ4n) is 1.51. The molecule has 76 valence electrons. The lowest BCUT2D eigenvalue weighted by atomic mass is 10.1. The van der Waals surface area contributed by atoms with Gasteiger partial charge in [-0.05, 0) is 33.6 Å². The van der Waals surface area contributed by atoms with E-state index in [0.29, 0.717) is 0 Å². The number of hydrogen-bond acceptors (Lipinski definition) is 2. The summed E-state index contributed by atoms with van der Waals surface area (Å²) >= 11 is 9.39. The van der Waals surface area contributed by atoms with Gasteiger partial charge >= 0.3 is 0 Å². The van der Waals surface area contributed by atoms with Crippen LogP contribution in [0.4, 0.5) is 0 Å². The molecule has 0 aromatic heterocycles. The highest BCUT2D eigenvalue weighted by atomic mass is 79.9. The zero-order valence-electron chi connectivity index (χ0n) is 7.59. The largest absolute Gasteiger partial charge is 0.378 e. The molecule has 14 heavy (non-hydrogen) atoms. The van der Waals surface area contributed by atoms with Crippen LogP contribution in [0.25, 0.3) is 0 Å². The minimum atomic E-state index is 0.273. The lowest BCUT2D eigenvalue weighted by Crippen LogP contribution is -2.34. The smallest absolute Gasteiger partial charge is 0.0662 e. The molecule has 1 aliphatic heterocycles. The molecule has 2 nitrogen and oxygen atoms in total. The standard InChI is InChI=1S/C10H11BrClNO/c11-8-2-1-7(5-9(8)12)10-6-14-4-3-13-10/h1-2,5,10,13H,3-4,6H2. The van der Waals surface area contributed by atoms with E-state index in [1.54, 1.807) is 0 Å². The summed E-state index contributed by atoms with van der Waals surface area (Å²) < 4.78 is 6.32. The summed E-state index contributed by atoms with van der Waals surface area (Å²) in [5, 5.41) is 4.13. The van der Waals surface area contributed by atoms with Crippen LogP contribution in [0.3, 0.4) is 0 Å². The third-order valence-electron chi connectivity index (χ3n) is 2.27. The van der Waals surface area contributed by atoms with E-state index in [9.17, 15) is 0 Å². The molecule has 0 radical (unpaired) electrons. The highest BCUT2D eigenvalue weighted by molar-refractivity contribution is 9.10. The number of ether oxygens (including phenoxy) is 1. The van der Waals surface area contributed by atoms with Crippen molar-refractivity contribution in [2.24, 2.45) is 0 Å². The molecular weight excluding hydrogens is 265 g/mol. The molecule has 1 fully saturated rings. The second-order valence-electron chi connectivity index (χ2n) is 3.26. The van der Waals surface area contributed by atoms with Crippen LogP contribution in [0.2, 0.25) is 5.02 Å². The molecule has 0 saturated carbocycles. The van der Waals surface area contributed by atoms with E-state index in [1.165, 1.54) is 5.56 Å². The topological polar surface area (TPSA) is 21.3 Å². The second-order valence-corrected chi connectivity index (χ2v) is 4.52. The van der Waals surface area contributed by atoms with Crippen LogP contribution in [0.5, 0.6) is 0 Å². The molecule has 1 saturated heterocycles. The van der Waals surface area contributed by atoms with Gasteiger partial charge in [-0.1, -0.05) is 17.7 Å². The van der Waals surface area contributed by atoms with E-state index < -0.39 is 0 Å². The van der Waals surface area contributed by atoms with Crippen LogP contribution in [0.1, 0.15) is 11.6 Å². The number of morpholine rings is 1. The maximum Gasteiger partial charge on any atom is 0.0662 e. The van der Waals surface area contributed by atoms with E-state index >= 15 is 0 Å². The van der Waals surface area contributed by atoms with Crippen molar-refractivity contribution < 1.29 is 4.74 Å². The summed E-state index contributed by atoms with van der Waals surface area (Å²) in [7, 11) is 0. The fourth-order valence-corrected chi connectivity index (χ4v) is 1.94. The maximum absolute atomic E-state index is 6.02. The zero-order valence-corrected chi connectivity index (χ0v) is 9.94. The first-order valence-electron chi connectivity index (χ1n) is 4.53. The molecule has 0 spiro atoms.